The number of fused-ring (bicyclic) bond motifs is 1. The third-order valence-corrected chi connectivity index (χ3v) is 4.93. The molecule has 0 unspecified atom stereocenters. The van der Waals surface area contributed by atoms with Crippen molar-refractivity contribution in [3.63, 3.8) is 0 Å². The molecule has 6 heteroatoms. The highest BCUT2D eigenvalue weighted by Crippen LogP contribution is 2.38. The summed E-state index contributed by atoms with van der Waals surface area (Å²) in [4.78, 5) is 17.4. The second-order valence-corrected chi connectivity index (χ2v) is 6.41. The summed E-state index contributed by atoms with van der Waals surface area (Å²) in [6.07, 6.45) is 4.54. The number of aryl methyl sites for hydroxylation is 1. The summed E-state index contributed by atoms with van der Waals surface area (Å²) in [6, 6.07) is 5.63. The number of amides is 1. The lowest BCUT2D eigenvalue weighted by atomic mass is 10.1. The van der Waals surface area contributed by atoms with Gasteiger partial charge in [-0.1, -0.05) is 0 Å². The number of nitrogens with one attached hydrogen (secondary N) is 1. The van der Waals surface area contributed by atoms with E-state index in [1.807, 2.05) is 0 Å². The second kappa shape index (κ2) is 5.35. The number of rotatable bonds is 2. The van der Waals surface area contributed by atoms with Crippen LogP contribution in [0.25, 0.3) is 0 Å². The smallest absolute Gasteiger partial charge is 0.257 e. The molecule has 0 aromatic carbocycles. The fourth-order valence-electron chi connectivity index (χ4n) is 2.30. The Morgan fingerprint density at radius 1 is 1.45 bits per heavy atom. The Balaban J connectivity index is 1.87. The lowest BCUT2D eigenvalue weighted by Crippen LogP contribution is -2.12. The topological polar surface area (TPSA) is 65.8 Å². The molecular formula is C14H10BrN3OS. The summed E-state index contributed by atoms with van der Waals surface area (Å²) in [5, 5.41) is 12.8. The predicted molar refractivity (Wildman–Crippen MR) is 80.9 cm³/mol. The molecule has 1 amide bonds. The number of nitriles is 1. The van der Waals surface area contributed by atoms with Crippen LogP contribution in [0.3, 0.4) is 0 Å². The van der Waals surface area contributed by atoms with Crippen LogP contribution in [0.2, 0.25) is 0 Å². The van der Waals surface area contributed by atoms with Crippen LogP contribution < -0.4 is 5.32 Å². The average Bonchev–Trinajstić information content (AvgIpc) is 2.99. The van der Waals surface area contributed by atoms with E-state index in [0.29, 0.717) is 20.7 Å². The molecule has 1 aliphatic carbocycles. The lowest BCUT2D eigenvalue weighted by Gasteiger charge is -2.03. The number of aromatic nitrogens is 1. The molecule has 1 N–H and O–H groups in total. The number of thiophene rings is 1. The molecule has 3 rings (SSSR count). The molecule has 4 nitrogen and oxygen atoms in total. The fraction of sp³-hybridized carbons (Fsp3) is 0.214. The molecule has 0 atom stereocenters. The van der Waals surface area contributed by atoms with Crippen LogP contribution in [0.15, 0.2) is 22.9 Å². The SMILES string of the molecule is N#Cc1c(NC(=O)c2ccc(Br)nc2)sc2c1CCC2. The van der Waals surface area contributed by atoms with Crippen molar-refractivity contribution in [2.24, 2.45) is 0 Å². The van der Waals surface area contributed by atoms with Crippen molar-refractivity contribution < 1.29 is 4.79 Å². The van der Waals surface area contributed by atoms with Crippen LogP contribution in [-0.4, -0.2) is 10.9 Å². The summed E-state index contributed by atoms with van der Waals surface area (Å²) >= 11 is 4.75. The molecule has 100 valence electrons. The normalized spacial score (nSPS) is 12.8. The van der Waals surface area contributed by atoms with Crippen molar-refractivity contribution >= 4 is 38.2 Å². The summed E-state index contributed by atoms with van der Waals surface area (Å²) in [6.45, 7) is 0. The van der Waals surface area contributed by atoms with E-state index in [9.17, 15) is 10.1 Å². The Hall–Kier alpha value is -1.71. The van der Waals surface area contributed by atoms with E-state index >= 15 is 0 Å². The van der Waals surface area contributed by atoms with E-state index in [2.05, 4.69) is 32.3 Å². The zero-order chi connectivity index (χ0) is 14.1. The number of hydrogen-bond donors (Lipinski definition) is 1. The van der Waals surface area contributed by atoms with Gasteiger partial charge in [0.15, 0.2) is 0 Å². The number of pyridine rings is 1. The maximum absolute atomic E-state index is 12.2. The average molecular weight is 348 g/mol. The van der Waals surface area contributed by atoms with E-state index < -0.39 is 0 Å². The third-order valence-electron chi connectivity index (χ3n) is 3.25. The first kappa shape index (κ1) is 13.3. The minimum Gasteiger partial charge on any atom is -0.312 e. The van der Waals surface area contributed by atoms with Crippen molar-refractivity contribution in [2.75, 3.05) is 5.32 Å². The Bertz CT molecular complexity index is 715. The molecule has 20 heavy (non-hydrogen) atoms. The minimum absolute atomic E-state index is 0.235. The molecule has 0 saturated heterocycles. The molecule has 2 aromatic rings. The van der Waals surface area contributed by atoms with Crippen molar-refractivity contribution in [1.29, 1.82) is 5.26 Å². The van der Waals surface area contributed by atoms with Gasteiger partial charge in [-0.3, -0.25) is 4.79 Å². The Kier molecular flexibility index (Phi) is 3.55. The number of halogens is 1. The van der Waals surface area contributed by atoms with Gasteiger partial charge >= 0.3 is 0 Å². The molecule has 1 aliphatic rings. The molecule has 0 spiro atoms. The number of nitrogens with zero attached hydrogens (tertiary/aromatic N) is 2. The van der Waals surface area contributed by atoms with Gasteiger partial charge in [-0.05, 0) is 52.9 Å². The van der Waals surface area contributed by atoms with Crippen LogP contribution in [0.1, 0.15) is 32.8 Å². The maximum atomic E-state index is 12.2. The summed E-state index contributed by atoms with van der Waals surface area (Å²) in [7, 11) is 0. The third kappa shape index (κ3) is 2.35. The predicted octanol–water partition coefficient (Wildman–Crippen LogP) is 3.52. The minimum atomic E-state index is -0.235. The maximum Gasteiger partial charge on any atom is 0.257 e. The van der Waals surface area contributed by atoms with Crippen LogP contribution in [0.4, 0.5) is 5.00 Å². The molecule has 0 radical (unpaired) electrons. The molecule has 2 aromatic heterocycles. The van der Waals surface area contributed by atoms with Crippen molar-refractivity contribution in [3.8, 4) is 6.07 Å². The highest BCUT2D eigenvalue weighted by Gasteiger charge is 2.23. The summed E-state index contributed by atoms with van der Waals surface area (Å²) in [5.74, 6) is -0.235. The van der Waals surface area contributed by atoms with E-state index in [4.69, 9.17) is 0 Å². The second-order valence-electron chi connectivity index (χ2n) is 4.50. The van der Waals surface area contributed by atoms with E-state index in [1.54, 1.807) is 12.1 Å². The van der Waals surface area contributed by atoms with Gasteiger partial charge in [0.1, 0.15) is 15.7 Å². The Morgan fingerprint density at radius 3 is 3.00 bits per heavy atom. The van der Waals surface area contributed by atoms with E-state index in [0.717, 1.165) is 24.8 Å². The number of carbonyl (C=O) groups is 1. The van der Waals surface area contributed by atoms with Gasteiger partial charge in [0, 0.05) is 11.1 Å². The fourth-order valence-corrected chi connectivity index (χ4v) is 3.77. The zero-order valence-corrected chi connectivity index (χ0v) is 12.8. The van der Waals surface area contributed by atoms with Crippen molar-refractivity contribution in [2.45, 2.75) is 19.3 Å². The highest BCUT2D eigenvalue weighted by atomic mass is 79.9. The van der Waals surface area contributed by atoms with Gasteiger partial charge in [0.2, 0.25) is 0 Å². The van der Waals surface area contributed by atoms with Crippen LogP contribution in [0.5, 0.6) is 0 Å². The number of anilines is 1. The molecule has 0 bridgehead atoms. The quantitative estimate of drug-likeness (QED) is 0.845. The van der Waals surface area contributed by atoms with Gasteiger partial charge in [0.25, 0.3) is 5.91 Å². The molecule has 0 saturated carbocycles. The number of carbonyl (C=O) groups excluding carboxylic acids is 1. The van der Waals surface area contributed by atoms with Gasteiger partial charge in [-0.15, -0.1) is 11.3 Å². The van der Waals surface area contributed by atoms with E-state index in [1.165, 1.54) is 22.4 Å². The first-order valence-corrected chi connectivity index (χ1v) is 7.77. The summed E-state index contributed by atoms with van der Waals surface area (Å²) < 4.78 is 0.682. The molecule has 2 heterocycles. The largest absolute Gasteiger partial charge is 0.312 e. The standard InChI is InChI=1S/C14H10BrN3OS/c15-12-5-4-8(7-17-12)13(19)18-14-10(6-16)9-2-1-3-11(9)20-14/h4-5,7H,1-3H2,(H,18,19). The van der Waals surface area contributed by atoms with Gasteiger partial charge in [-0.2, -0.15) is 5.26 Å². The van der Waals surface area contributed by atoms with Crippen molar-refractivity contribution in [3.05, 3.63) is 44.5 Å². The molecular weight excluding hydrogens is 338 g/mol. The Labute approximate surface area is 128 Å². The first-order chi connectivity index (χ1) is 9.69. The molecule has 0 aliphatic heterocycles. The highest BCUT2D eigenvalue weighted by molar-refractivity contribution is 9.10. The van der Waals surface area contributed by atoms with Gasteiger partial charge in [-0.25, -0.2) is 4.98 Å². The van der Waals surface area contributed by atoms with Crippen molar-refractivity contribution in [1.82, 2.24) is 4.98 Å². The van der Waals surface area contributed by atoms with E-state index in [-0.39, 0.29) is 5.91 Å². The molecule has 0 fully saturated rings. The van der Waals surface area contributed by atoms with Gasteiger partial charge < -0.3 is 5.32 Å². The lowest BCUT2D eigenvalue weighted by molar-refractivity contribution is 0.102. The summed E-state index contributed by atoms with van der Waals surface area (Å²) in [5.41, 5.74) is 2.22. The van der Waals surface area contributed by atoms with Crippen LogP contribution in [0, 0.1) is 11.3 Å². The monoisotopic (exact) mass is 347 g/mol. The number of hydrogen-bond acceptors (Lipinski definition) is 4. The Morgan fingerprint density at radius 2 is 2.30 bits per heavy atom. The first-order valence-electron chi connectivity index (χ1n) is 6.16. The van der Waals surface area contributed by atoms with Crippen LogP contribution in [-0.2, 0) is 12.8 Å². The zero-order valence-electron chi connectivity index (χ0n) is 10.4. The van der Waals surface area contributed by atoms with Crippen LogP contribution >= 0.6 is 27.3 Å². The van der Waals surface area contributed by atoms with Gasteiger partial charge in [0.05, 0.1) is 11.1 Å².